The van der Waals surface area contributed by atoms with Crippen LogP contribution >= 0.6 is 0 Å². The van der Waals surface area contributed by atoms with Gasteiger partial charge in [-0.1, -0.05) is 42.2 Å². The van der Waals surface area contributed by atoms with Gasteiger partial charge in [0.25, 0.3) is 0 Å². The molecule has 144 valence electrons. The lowest BCUT2D eigenvalue weighted by Gasteiger charge is -2.12. The third-order valence-electron chi connectivity index (χ3n) is 4.81. The second-order valence-corrected chi connectivity index (χ2v) is 7.09. The first-order valence-electron chi connectivity index (χ1n) is 9.51. The van der Waals surface area contributed by atoms with E-state index in [0.29, 0.717) is 6.61 Å². The maximum atomic E-state index is 5.67. The molecule has 4 nitrogen and oxygen atoms in total. The number of pyridine rings is 1. The fourth-order valence-electron chi connectivity index (χ4n) is 3.24. The Hall–Kier alpha value is -3.71. The van der Waals surface area contributed by atoms with Gasteiger partial charge in [0.1, 0.15) is 18.0 Å². The van der Waals surface area contributed by atoms with Gasteiger partial charge in [0, 0.05) is 50.2 Å². The minimum atomic E-state index is 0.347. The first kappa shape index (κ1) is 18.6. The fraction of sp³-hybridized carbons (Fsp3) is 0.160. The summed E-state index contributed by atoms with van der Waals surface area (Å²) >= 11 is 0. The van der Waals surface area contributed by atoms with Gasteiger partial charge >= 0.3 is 0 Å². The molecule has 0 aliphatic rings. The van der Waals surface area contributed by atoms with Crippen LogP contribution in [0.2, 0.25) is 0 Å². The molecule has 0 radical (unpaired) electrons. The third-order valence-corrected chi connectivity index (χ3v) is 4.81. The smallest absolute Gasteiger partial charge is 0.149 e. The van der Waals surface area contributed by atoms with Crippen molar-refractivity contribution in [3.8, 4) is 28.7 Å². The number of hydrogen-bond acceptors (Lipinski definition) is 3. The zero-order valence-electron chi connectivity index (χ0n) is 16.9. The number of nitrogens with zero attached hydrogens (tertiary/aromatic N) is 3. The van der Waals surface area contributed by atoms with Crippen molar-refractivity contribution >= 4 is 16.7 Å². The van der Waals surface area contributed by atoms with E-state index in [1.165, 1.54) is 5.69 Å². The Labute approximate surface area is 171 Å². The van der Waals surface area contributed by atoms with Crippen LogP contribution in [0.25, 0.3) is 22.2 Å². The Morgan fingerprint density at radius 3 is 2.48 bits per heavy atom. The predicted octanol–water partition coefficient (Wildman–Crippen LogP) is 4.74. The largest absolute Gasteiger partial charge is 0.481 e. The zero-order chi connectivity index (χ0) is 20.2. The number of para-hydroxylation sites is 1. The topological polar surface area (TPSA) is 30.3 Å². The molecule has 0 aliphatic carbocycles. The van der Waals surface area contributed by atoms with Gasteiger partial charge in [-0.2, -0.15) is 0 Å². The van der Waals surface area contributed by atoms with Crippen molar-refractivity contribution < 1.29 is 4.74 Å². The van der Waals surface area contributed by atoms with Crippen LogP contribution in [0.3, 0.4) is 0 Å². The van der Waals surface area contributed by atoms with Crippen molar-refractivity contribution in [3.05, 3.63) is 78.6 Å². The van der Waals surface area contributed by atoms with Gasteiger partial charge in [-0.3, -0.25) is 0 Å². The summed E-state index contributed by atoms with van der Waals surface area (Å²) in [5.41, 5.74) is 5.27. The molecule has 0 spiro atoms. The van der Waals surface area contributed by atoms with E-state index in [1.807, 2.05) is 68.4 Å². The molecular formula is C25H23N3O. The summed E-state index contributed by atoms with van der Waals surface area (Å²) in [5.74, 6) is 7.18. The average Bonchev–Trinajstić information content (AvgIpc) is 3.07. The minimum absolute atomic E-state index is 0.347. The van der Waals surface area contributed by atoms with Crippen LogP contribution in [0, 0.1) is 11.8 Å². The SMILES string of the molecule is CN(C)c1ccc(-c2cnc3c(c2)c(C#CCOc2ccccc2)cn3C)cc1. The quantitative estimate of drug-likeness (QED) is 0.479. The molecule has 0 aliphatic heterocycles. The predicted molar refractivity (Wildman–Crippen MR) is 119 cm³/mol. The molecule has 4 heteroatoms. The Kier molecular flexibility index (Phi) is 5.22. The normalized spacial score (nSPS) is 10.4. The molecular weight excluding hydrogens is 358 g/mol. The third kappa shape index (κ3) is 4.09. The fourth-order valence-corrected chi connectivity index (χ4v) is 3.24. The van der Waals surface area contributed by atoms with Gasteiger partial charge in [0.05, 0.1) is 5.56 Å². The lowest BCUT2D eigenvalue weighted by Crippen LogP contribution is -2.07. The molecule has 4 aromatic rings. The molecule has 0 fully saturated rings. The number of rotatable bonds is 4. The lowest BCUT2D eigenvalue weighted by atomic mass is 10.1. The van der Waals surface area contributed by atoms with E-state index in [1.54, 1.807) is 0 Å². The van der Waals surface area contributed by atoms with E-state index >= 15 is 0 Å². The summed E-state index contributed by atoms with van der Waals surface area (Å²) in [6.45, 7) is 0.347. The van der Waals surface area contributed by atoms with E-state index in [0.717, 1.165) is 33.5 Å². The van der Waals surface area contributed by atoms with Crippen LogP contribution in [-0.2, 0) is 7.05 Å². The molecule has 4 rings (SSSR count). The molecule has 2 heterocycles. The van der Waals surface area contributed by atoms with Gasteiger partial charge in [0.15, 0.2) is 0 Å². The minimum Gasteiger partial charge on any atom is -0.481 e. The first-order valence-corrected chi connectivity index (χ1v) is 9.51. The van der Waals surface area contributed by atoms with Crippen molar-refractivity contribution in [2.45, 2.75) is 0 Å². The molecule has 0 saturated carbocycles. The molecule has 0 saturated heterocycles. The summed E-state index contributed by atoms with van der Waals surface area (Å²) in [7, 11) is 6.07. The van der Waals surface area contributed by atoms with Gasteiger partial charge in [-0.05, 0) is 35.9 Å². The van der Waals surface area contributed by atoms with Crippen molar-refractivity contribution in [1.29, 1.82) is 0 Å². The molecule has 0 N–H and O–H groups in total. The average molecular weight is 381 g/mol. The Morgan fingerprint density at radius 2 is 1.76 bits per heavy atom. The van der Waals surface area contributed by atoms with Crippen LogP contribution in [0.15, 0.2) is 73.1 Å². The van der Waals surface area contributed by atoms with E-state index in [4.69, 9.17) is 4.74 Å². The Bertz CT molecular complexity index is 1180. The molecule has 0 amide bonds. The molecule has 0 atom stereocenters. The first-order chi connectivity index (χ1) is 14.1. The maximum absolute atomic E-state index is 5.67. The molecule has 29 heavy (non-hydrogen) atoms. The van der Waals surface area contributed by atoms with E-state index in [2.05, 4.69) is 52.1 Å². The van der Waals surface area contributed by atoms with E-state index < -0.39 is 0 Å². The van der Waals surface area contributed by atoms with Crippen LogP contribution in [0.5, 0.6) is 5.75 Å². The second kappa shape index (κ2) is 8.12. The number of hydrogen-bond donors (Lipinski definition) is 0. The molecule has 0 unspecified atom stereocenters. The van der Waals surface area contributed by atoms with Gasteiger partial charge in [-0.15, -0.1) is 0 Å². The maximum Gasteiger partial charge on any atom is 0.149 e. The van der Waals surface area contributed by atoms with Crippen LogP contribution in [-0.4, -0.2) is 30.3 Å². The van der Waals surface area contributed by atoms with Crippen molar-refractivity contribution in [3.63, 3.8) is 0 Å². The van der Waals surface area contributed by atoms with Crippen molar-refractivity contribution in [1.82, 2.24) is 9.55 Å². The Balaban J connectivity index is 1.60. The van der Waals surface area contributed by atoms with Gasteiger partial charge in [-0.25, -0.2) is 4.98 Å². The number of aryl methyl sites for hydroxylation is 1. The Morgan fingerprint density at radius 1 is 1.00 bits per heavy atom. The summed E-state index contributed by atoms with van der Waals surface area (Å²) in [6, 6.07) is 20.4. The van der Waals surface area contributed by atoms with Crippen molar-refractivity contribution in [2.24, 2.45) is 7.05 Å². The highest BCUT2D eigenvalue weighted by Crippen LogP contribution is 2.27. The van der Waals surface area contributed by atoms with Gasteiger partial charge in [0.2, 0.25) is 0 Å². The summed E-state index contributed by atoms with van der Waals surface area (Å²) in [4.78, 5) is 6.76. The lowest BCUT2D eigenvalue weighted by molar-refractivity contribution is 0.370. The van der Waals surface area contributed by atoms with Crippen LogP contribution in [0.1, 0.15) is 5.56 Å². The molecule has 2 aromatic heterocycles. The highest BCUT2D eigenvalue weighted by Gasteiger charge is 2.08. The van der Waals surface area contributed by atoms with E-state index in [-0.39, 0.29) is 0 Å². The summed E-state index contributed by atoms with van der Waals surface area (Å²) < 4.78 is 7.68. The van der Waals surface area contributed by atoms with Crippen LogP contribution in [0.4, 0.5) is 5.69 Å². The highest BCUT2D eigenvalue weighted by atomic mass is 16.5. The van der Waals surface area contributed by atoms with E-state index in [9.17, 15) is 0 Å². The molecule has 0 bridgehead atoms. The summed E-state index contributed by atoms with van der Waals surface area (Å²) in [6.07, 6.45) is 3.94. The monoisotopic (exact) mass is 381 g/mol. The standard InChI is InChI=1S/C25H23N3O/c1-27(2)22-13-11-19(12-14-22)21-16-24-20(18-28(3)25(24)26-17-21)8-7-15-29-23-9-5-4-6-10-23/h4-6,9-14,16-18H,15H2,1-3H3. The van der Waals surface area contributed by atoms with Gasteiger partial charge < -0.3 is 14.2 Å². The number of fused-ring (bicyclic) bond motifs is 1. The number of aromatic nitrogens is 2. The number of anilines is 1. The highest BCUT2D eigenvalue weighted by molar-refractivity contribution is 5.87. The number of benzene rings is 2. The molecule has 2 aromatic carbocycles. The zero-order valence-corrected chi connectivity index (χ0v) is 16.9. The van der Waals surface area contributed by atoms with Crippen molar-refractivity contribution in [2.75, 3.05) is 25.6 Å². The number of ether oxygens (including phenoxy) is 1. The van der Waals surface area contributed by atoms with Crippen LogP contribution < -0.4 is 9.64 Å². The summed E-state index contributed by atoms with van der Waals surface area (Å²) in [5, 5.41) is 1.05. The second-order valence-electron chi connectivity index (χ2n) is 7.09.